The largest absolute Gasteiger partial charge is 0.394 e. The molecule has 2 heterocycles. The van der Waals surface area contributed by atoms with E-state index in [0.717, 1.165) is 0 Å². The van der Waals surface area contributed by atoms with Crippen LogP contribution in [0.4, 0.5) is 17.1 Å². The highest BCUT2D eigenvalue weighted by Gasteiger charge is 2.50. The number of rotatable bonds is 8. The molecule has 2 amide bonds. The summed E-state index contributed by atoms with van der Waals surface area (Å²) in [6.07, 6.45) is -15.6. The summed E-state index contributed by atoms with van der Waals surface area (Å²) in [5.41, 5.74) is 0.840. The lowest BCUT2D eigenvalue weighted by Crippen LogP contribution is -2.65. The first-order valence-corrected chi connectivity index (χ1v) is 11.5. The summed E-state index contributed by atoms with van der Waals surface area (Å²) in [4.78, 5) is 23.1. The van der Waals surface area contributed by atoms with Crippen LogP contribution in [0.25, 0.3) is 0 Å². The average Bonchev–Trinajstić information content (AvgIpc) is 2.84. The highest BCUT2D eigenvalue weighted by Crippen LogP contribution is 2.32. The molecular weight excluding hydrogens is 498 g/mol. The standard InChI is InChI=1S/C22H33N3O12/c1-8(28)23-10-3-4-11(24-9(2)29)12(5-10)25-21-18(33)17(32)20(14(7-27)35-21)37-22-19(34)16(31)15(30)13(6-26)36-22/h3-5,13-22,25-27,30-34H,6-7H2,1-2H3,(H,23,28)(H,24,29). The van der Waals surface area contributed by atoms with E-state index < -0.39 is 80.5 Å². The highest BCUT2D eigenvalue weighted by atomic mass is 16.7. The summed E-state index contributed by atoms with van der Waals surface area (Å²) in [6, 6.07) is 4.49. The summed E-state index contributed by atoms with van der Waals surface area (Å²) >= 11 is 0. The van der Waals surface area contributed by atoms with E-state index in [1.54, 1.807) is 0 Å². The van der Waals surface area contributed by atoms with Crippen LogP contribution < -0.4 is 16.0 Å². The van der Waals surface area contributed by atoms with Gasteiger partial charge in [0.25, 0.3) is 0 Å². The molecule has 0 aliphatic carbocycles. The molecule has 0 spiro atoms. The van der Waals surface area contributed by atoms with Crippen molar-refractivity contribution in [3.05, 3.63) is 18.2 Å². The Morgan fingerprint density at radius 2 is 1.46 bits per heavy atom. The van der Waals surface area contributed by atoms with Gasteiger partial charge in [-0.05, 0) is 18.2 Å². The summed E-state index contributed by atoms with van der Waals surface area (Å²) in [5.74, 6) is -0.752. The quantitative estimate of drug-likeness (QED) is 0.158. The van der Waals surface area contributed by atoms with Crippen LogP contribution in [0.3, 0.4) is 0 Å². The van der Waals surface area contributed by atoms with E-state index >= 15 is 0 Å². The van der Waals surface area contributed by atoms with Gasteiger partial charge in [-0.25, -0.2) is 0 Å². The first-order valence-electron chi connectivity index (χ1n) is 11.5. The topological polar surface area (TPSA) is 240 Å². The monoisotopic (exact) mass is 531 g/mol. The minimum absolute atomic E-state index is 0.211. The molecule has 10 unspecified atom stereocenters. The number of hydrogen-bond donors (Lipinski definition) is 10. The predicted octanol–water partition coefficient (Wildman–Crippen LogP) is -3.36. The van der Waals surface area contributed by atoms with Crippen molar-refractivity contribution < 1.29 is 59.5 Å². The third kappa shape index (κ3) is 6.71. The Labute approximate surface area is 211 Å². The lowest BCUT2D eigenvalue weighted by Gasteiger charge is -2.46. The molecule has 1 aromatic rings. The maximum Gasteiger partial charge on any atom is 0.221 e. The van der Waals surface area contributed by atoms with E-state index in [1.807, 2.05) is 0 Å². The van der Waals surface area contributed by atoms with E-state index in [4.69, 9.17) is 14.2 Å². The Kier molecular flexibility index (Phi) is 9.76. The lowest BCUT2D eigenvalue weighted by atomic mass is 9.96. The first kappa shape index (κ1) is 29.1. The van der Waals surface area contributed by atoms with Crippen molar-refractivity contribution >= 4 is 28.9 Å². The SMILES string of the molecule is CC(=O)Nc1ccc(NC(C)=O)c(NC2OC(CO)C(OC3OC(CO)C(O)C(O)C3O)C(O)C2O)c1. The molecule has 2 saturated heterocycles. The van der Waals surface area contributed by atoms with Crippen LogP contribution in [0.5, 0.6) is 0 Å². The van der Waals surface area contributed by atoms with Gasteiger partial charge in [-0.2, -0.15) is 0 Å². The second-order valence-corrected chi connectivity index (χ2v) is 8.82. The molecule has 10 N–H and O–H groups in total. The van der Waals surface area contributed by atoms with Gasteiger partial charge in [0.2, 0.25) is 11.8 Å². The third-order valence-electron chi connectivity index (χ3n) is 5.95. The fraction of sp³-hybridized carbons (Fsp3) is 0.636. The molecule has 0 bridgehead atoms. The number of hydrogen-bond acceptors (Lipinski definition) is 13. The fourth-order valence-electron chi connectivity index (χ4n) is 4.11. The van der Waals surface area contributed by atoms with Crippen molar-refractivity contribution in [1.29, 1.82) is 0 Å². The van der Waals surface area contributed by atoms with Crippen molar-refractivity contribution in [1.82, 2.24) is 0 Å². The van der Waals surface area contributed by atoms with Crippen LogP contribution in [0.2, 0.25) is 0 Å². The number of aliphatic hydroxyl groups excluding tert-OH is 7. The Morgan fingerprint density at radius 1 is 0.811 bits per heavy atom. The summed E-state index contributed by atoms with van der Waals surface area (Å²) < 4.78 is 16.5. The van der Waals surface area contributed by atoms with Gasteiger partial charge in [0.15, 0.2) is 12.5 Å². The molecule has 0 saturated carbocycles. The van der Waals surface area contributed by atoms with Gasteiger partial charge in [-0.15, -0.1) is 0 Å². The molecule has 208 valence electrons. The van der Waals surface area contributed by atoms with E-state index in [2.05, 4.69) is 16.0 Å². The van der Waals surface area contributed by atoms with Gasteiger partial charge >= 0.3 is 0 Å². The van der Waals surface area contributed by atoms with Gasteiger partial charge in [0.05, 0.1) is 24.6 Å². The minimum Gasteiger partial charge on any atom is -0.394 e. The number of carbonyl (C=O) groups excluding carboxylic acids is 2. The van der Waals surface area contributed by atoms with Crippen LogP contribution in [0, 0.1) is 0 Å². The van der Waals surface area contributed by atoms with E-state index in [-0.39, 0.29) is 17.3 Å². The third-order valence-corrected chi connectivity index (χ3v) is 5.95. The summed E-state index contributed by atoms with van der Waals surface area (Å²) in [5, 5.41) is 78.9. The molecule has 10 atom stereocenters. The van der Waals surface area contributed by atoms with Crippen LogP contribution in [0.15, 0.2) is 18.2 Å². The number of anilines is 3. The van der Waals surface area contributed by atoms with Gasteiger partial charge in [-0.3, -0.25) is 9.59 Å². The molecule has 2 fully saturated rings. The number of carbonyl (C=O) groups is 2. The molecule has 0 aromatic heterocycles. The van der Waals surface area contributed by atoms with Crippen molar-refractivity contribution in [2.24, 2.45) is 0 Å². The molecule has 0 radical (unpaired) electrons. The van der Waals surface area contributed by atoms with Gasteiger partial charge in [0, 0.05) is 19.5 Å². The molecule has 15 nitrogen and oxygen atoms in total. The Morgan fingerprint density at radius 3 is 2.05 bits per heavy atom. The lowest BCUT2D eigenvalue weighted by molar-refractivity contribution is -0.340. The molecule has 15 heteroatoms. The molecule has 37 heavy (non-hydrogen) atoms. The van der Waals surface area contributed by atoms with Crippen molar-refractivity contribution in [2.45, 2.75) is 75.2 Å². The zero-order chi connectivity index (χ0) is 27.4. The molecule has 2 aliphatic rings. The normalized spacial score (nSPS) is 36.0. The Hall–Kier alpha value is -2.44. The number of benzene rings is 1. The molecule has 1 aromatic carbocycles. The van der Waals surface area contributed by atoms with Crippen LogP contribution in [0.1, 0.15) is 13.8 Å². The first-order chi connectivity index (χ1) is 17.5. The van der Waals surface area contributed by atoms with Gasteiger partial charge in [-0.1, -0.05) is 0 Å². The fourth-order valence-corrected chi connectivity index (χ4v) is 4.11. The van der Waals surface area contributed by atoms with E-state index in [0.29, 0.717) is 5.69 Å². The second kappa shape index (κ2) is 12.4. The van der Waals surface area contributed by atoms with E-state index in [9.17, 15) is 45.3 Å². The zero-order valence-electron chi connectivity index (χ0n) is 20.1. The molecule has 2 aliphatic heterocycles. The Balaban J connectivity index is 1.80. The van der Waals surface area contributed by atoms with Crippen molar-refractivity contribution in [2.75, 3.05) is 29.2 Å². The maximum atomic E-state index is 11.6. The van der Waals surface area contributed by atoms with Gasteiger partial charge in [0.1, 0.15) is 48.8 Å². The number of aliphatic hydroxyl groups is 7. The molecular formula is C22H33N3O12. The minimum atomic E-state index is -1.78. The van der Waals surface area contributed by atoms with Crippen LogP contribution in [-0.4, -0.2) is 122 Å². The summed E-state index contributed by atoms with van der Waals surface area (Å²) in [7, 11) is 0. The van der Waals surface area contributed by atoms with Crippen molar-refractivity contribution in [3.63, 3.8) is 0 Å². The highest BCUT2D eigenvalue weighted by molar-refractivity contribution is 5.95. The molecule has 3 rings (SSSR count). The zero-order valence-corrected chi connectivity index (χ0v) is 20.1. The maximum absolute atomic E-state index is 11.6. The number of amides is 2. The average molecular weight is 532 g/mol. The number of ether oxygens (including phenoxy) is 3. The number of nitrogens with one attached hydrogen (secondary N) is 3. The summed E-state index contributed by atoms with van der Waals surface area (Å²) in [6.45, 7) is 1.17. The van der Waals surface area contributed by atoms with Crippen molar-refractivity contribution in [3.8, 4) is 0 Å². The van der Waals surface area contributed by atoms with Crippen LogP contribution in [-0.2, 0) is 23.8 Å². The second-order valence-electron chi connectivity index (χ2n) is 8.82. The smallest absolute Gasteiger partial charge is 0.221 e. The van der Waals surface area contributed by atoms with Gasteiger partial charge < -0.3 is 65.9 Å². The van der Waals surface area contributed by atoms with E-state index in [1.165, 1.54) is 32.0 Å². The Bertz CT molecular complexity index is 947. The van der Waals surface area contributed by atoms with Crippen LogP contribution >= 0.6 is 0 Å². The predicted molar refractivity (Wildman–Crippen MR) is 125 cm³/mol.